The van der Waals surface area contributed by atoms with Crippen molar-refractivity contribution in [3.63, 3.8) is 0 Å². The highest BCUT2D eigenvalue weighted by atomic mass is 32.2. The Balaban J connectivity index is 1.99. The van der Waals surface area contributed by atoms with Gasteiger partial charge in [0, 0.05) is 23.8 Å². The fourth-order valence-corrected chi connectivity index (χ4v) is 3.31. The van der Waals surface area contributed by atoms with E-state index in [1.54, 1.807) is 6.07 Å². The molecule has 1 atom stereocenters. The standard InChI is InChI=1S/C16H19NO2S/c18-10-4-3-7-13-6-1-2-9-15(13)16(19)17-12-14-8-5-11-20-14/h1-2,6,9,14,18H,4-5,8,10-12H2,(H,17,19). The number of rotatable bonds is 4. The van der Waals surface area contributed by atoms with E-state index in [-0.39, 0.29) is 12.5 Å². The Morgan fingerprint density at radius 3 is 3.05 bits per heavy atom. The third-order valence-corrected chi connectivity index (χ3v) is 4.54. The molecule has 1 aromatic carbocycles. The summed E-state index contributed by atoms with van der Waals surface area (Å²) in [5, 5.41) is 12.3. The van der Waals surface area contributed by atoms with Gasteiger partial charge < -0.3 is 10.4 Å². The lowest BCUT2D eigenvalue weighted by Gasteiger charge is -2.11. The molecule has 0 aliphatic carbocycles. The number of thioether (sulfide) groups is 1. The summed E-state index contributed by atoms with van der Waals surface area (Å²) in [7, 11) is 0. The Kier molecular flexibility index (Phi) is 5.97. The first kappa shape index (κ1) is 15.0. The second kappa shape index (κ2) is 7.98. The molecule has 1 aliphatic rings. The molecule has 0 radical (unpaired) electrons. The van der Waals surface area contributed by atoms with E-state index in [1.165, 1.54) is 18.6 Å². The van der Waals surface area contributed by atoms with Crippen LogP contribution in [0.3, 0.4) is 0 Å². The molecule has 0 bridgehead atoms. The molecule has 106 valence electrons. The quantitative estimate of drug-likeness (QED) is 0.834. The number of hydrogen-bond acceptors (Lipinski definition) is 3. The number of benzene rings is 1. The van der Waals surface area contributed by atoms with Crippen molar-refractivity contribution in [2.45, 2.75) is 24.5 Å². The number of carbonyl (C=O) groups excluding carboxylic acids is 1. The average Bonchev–Trinajstić information content (AvgIpc) is 2.99. The summed E-state index contributed by atoms with van der Waals surface area (Å²) in [5.74, 6) is 6.94. The lowest BCUT2D eigenvalue weighted by molar-refractivity contribution is 0.0953. The van der Waals surface area contributed by atoms with Crippen LogP contribution in [0.1, 0.15) is 35.2 Å². The zero-order valence-electron chi connectivity index (χ0n) is 11.4. The van der Waals surface area contributed by atoms with Crippen LogP contribution in [0.4, 0.5) is 0 Å². The van der Waals surface area contributed by atoms with Crippen LogP contribution in [0.5, 0.6) is 0 Å². The zero-order valence-corrected chi connectivity index (χ0v) is 12.2. The van der Waals surface area contributed by atoms with Gasteiger partial charge >= 0.3 is 0 Å². The molecule has 1 aromatic rings. The second-order valence-corrected chi connectivity index (χ2v) is 6.07. The Hall–Kier alpha value is -1.44. The van der Waals surface area contributed by atoms with Gasteiger partial charge in [0.1, 0.15) is 0 Å². The smallest absolute Gasteiger partial charge is 0.252 e. The number of hydrogen-bond donors (Lipinski definition) is 2. The minimum Gasteiger partial charge on any atom is -0.395 e. The summed E-state index contributed by atoms with van der Waals surface area (Å²) >= 11 is 1.93. The highest BCUT2D eigenvalue weighted by molar-refractivity contribution is 8.00. The molecule has 20 heavy (non-hydrogen) atoms. The van der Waals surface area contributed by atoms with E-state index >= 15 is 0 Å². The van der Waals surface area contributed by atoms with Crippen LogP contribution in [0.2, 0.25) is 0 Å². The number of amides is 1. The second-order valence-electron chi connectivity index (χ2n) is 4.67. The van der Waals surface area contributed by atoms with Gasteiger partial charge in [-0.3, -0.25) is 4.79 Å². The van der Waals surface area contributed by atoms with E-state index in [1.807, 2.05) is 30.0 Å². The van der Waals surface area contributed by atoms with Crippen LogP contribution in [-0.4, -0.2) is 35.2 Å². The molecule has 1 amide bonds. The highest BCUT2D eigenvalue weighted by Crippen LogP contribution is 2.25. The molecule has 1 heterocycles. The van der Waals surface area contributed by atoms with Crippen molar-refractivity contribution in [3.8, 4) is 11.8 Å². The van der Waals surface area contributed by atoms with Gasteiger partial charge in [0.2, 0.25) is 0 Å². The van der Waals surface area contributed by atoms with Crippen molar-refractivity contribution in [1.82, 2.24) is 5.32 Å². The maximum Gasteiger partial charge on any atom is 0.252 e. The third-order valence-electron chi connectivity index (χ3n) is 3.15. The SMILES string of the molecule is O=C(NCC1CCCS1)c1ccccc1C#CCCO. The molecular formula is C16H19NO2S. The van der Waals surface area contributed by atoms with Crippen molar-refractivity contribution in [2.24, 2.45) is 0 Å². The van der Waals surface area contributed by atoms with Crippen LogP contribution in [0.15, 0.2) is 24.3 Å². The molecule has 3 nitrogen and oxygen atoms in total. The lowest BCUT2D eigenvalue weighted by atomic mass is 10.1. The molecule has 1 fully saturated rings. The molecule has 0 aromatic heterocycles. The van der Waals surface area contributed by atoms with Crippen molar-refractivity contribution < 1.29 is 9.90 Å². The summed E-state index contributed by atoms with van der Waals surface area (Å²) in [6.07, 6.45) is 2.85. The average molecular weight is 289 g/mol. The van der Waals surface area contributed by atoms with Gasteiger partial charge in [-0.15, -0.1) is 0 Å². The first-order valence-electron chi connectivity index (χ1n) is 6.90. The summed E-state index contributed by atoms with van der Waals surface area (Å²) < 4.78 is 0. The van der Waals surface area contributed by atoms with Crippen LogP contribution in [-0.2, 0) is 0 Å². The minimum atomic E-state index is -0.0635. The van der Waals surface area contributed by atoms with E-state index in [2.05, 4.69) is 17.2 Å². The van der Waals surface area contributed by atoms with E-state index in [0.29, 0.717) is 17.2 Å². The zero-order chi connectivity index (χ0) is 14.2. The fourth-order valence-electron chi connectivity index (χ4n) is 2.11. The van der Waals surface area contributed by atoms with Crippen LogP contribution in [0, 0.1) is 11.8 Å². The van der Waals surface area contributed by atoms with Gasteiger partial charge in [-0.05, 0) is 30.7 Å². The summed E-state index contributed by atoms with van der Waals surface area (Å²) in [4.78, 5) is 12.2. The predicted molar refractivity (Wildman–Crippen MR) is 82.8 cm³/mol. The lowest BCUT2D eigenvalue weighted by Crippen LogP contribution is -2.30. The van der Waals surface area contributed by atoms with Gasteiger partial charge in [0.25, 0.3) is 5.91 Å². The maximum absolute atomic E-state index is 12.2. The van der Waals surface area contributed by atoms with Gasteiger partial charge in [0.15, 0.2) is 0 Å². The van der Waals surface area contributed by atoms with Gasteiger partial charge in [-0.25, -0.2) is 0 Å². The number of aliphatic hydroxyl groups is 1. The van der Waals surface area contributed by atoms with E-state index < -0.39 is 0 Å². The molecular weight excluding hydrogens is 270 g/mol. The molecule has 2 rings (SSSR count). The maximum atomic E-state index is 12.2. The molecule has 2 N–H and O–H groups in total. The monoisotopic (exact) mass is 289 g/mol. The van der Waals surface area contributed by atoms with E-state index in [9.17, 15) is 4.79 Å². The van der Waals surface area contributed by atoms with Crippen molar-refractivity contribution in [2.75, 3.05) is 18.9 Å². The largest absolute Gasteiger partial charge is 0.395 e. The molecule has 0 spiro atoms. The summed E-state index contributed by atoms with van der Waals surface area (Å²) in [5.41, 5.74) is 1.33. The Morgan fingerprint density at radius 2 is 2.30 bits per heavy atom. The third kappa shape index (κ3) is 4.29. The Labute approximate surface area is 124 Å². The Morgan fingerprint density at radius 1 is 1.45 bits per heavy atom. The molecule has 1 aliphatic heterocycles. The number of aliphatic hydroxyl groups excluding tert-OH is 1. The molecule has 1 unspecified atom stereocenters. The van der Waals surface area contributed by atoms with E-state index in [4.69, 9.17) is 5.11 Å². The minimum absolute atomic E-state index is 0.0419. The van der Waals surface area contributed by atoms with Crippen molar-refractivity contribution in [3.05, 3.63) is 35.4 Å². The summed E-state index contributed by atoms with van der Waals surface area (Å²) in [6, 6.07) is 7.34. The first-order chi connectivity index (χ1) is 9.81. The van der Waals surface area contributed by atoms with Gasteiger partial charge in [-0.1, -0.05) is 24.0 Å². The van der Waals surface area contributed by atoms with Gasteiger partial charge in [0.05, 0.1) is 12.2 Å². The molecule has 4 heteroatoms. The normalized spacial score (nSPS) is 17.4. The van der Waals surface area contributed by atoms with Crippen LogP contribution in [0.25, 0.3) is 0 Å². The number of nitrogens with one attached hydrogen (secondary N) is 1. The van der Waals surface area contributed by atoms with Crippen LogP contribution >= 0.6 is 11.8 Å². The molecule has 1 saturated heterocycles. The first-order valence-corrected chi connectivity index (χ1v) is 7.94. The highest BCUT2D eigenvalue weighted by Gasteiger charge is 2.17. The van der Waals surface area contributed by atoms with E-state index in [0.717, 1.165) is 12.1 Å². The van der Waals surface area contributed by atoms with Gasteiger partial charge in [-0.2, -0.15) is 11.8 Å². The fraction of sp³-hybridized carbons (Fsp3) is 0.438. The number of carbonyl (C=O) groups is 1. The van der Waals surface area contributed by atoms with Crippen LogP contribution < -0.4 is 5.32 Å². The van der Waals surface area contributed by atoms with Crippen molar-refractivity contribution in [1.29, 1.82) is 0 Å². The van der Waals surface area contributed by atoms with Crippen molar-refractivity contribution >= 4 is 17.7 Å². The topological polar surface area (TPSA) is 49.3 Å². The predicted octanol–water partition coefficient (Wildman–Crippen LogP) is 2.05. The summed E-state index contributed by atoms with van der Waals surface area (Å²) in [6.45, 7) is 0.766. The molecule has 0 saturated carbocycles. The Bertz CT molecular complexity index is 513.